The predicted octanol–water partition coefficient (Wildman–Crippen LogP) is 3.37. The number of benzene rings is 1. The number of carbonyl (C=O) groups excluding carboxylic acids is 1. The summed E-state index contributed by atoms with van der Waals surface area (Å²) in [4.78, 5) is 14.3. The van der Waals surface area contributed by atoms with Gasteiger partial charge in [0.05, 0.1) is 0 Å². The zero-order valence-corrected chi connectivity index (χ0v) is 12.9. The molecule has 0 saturated carbocycles. The summed E-state index contributed by atoms with van der Waals surface area (Å²) in [5, 5.41) is 11.6. The lowest BCUT2D eigenvalue weighted by atomic mass is 10.1. The second kappa shape index (κ2) is 6.75. The van der Waals surface area contributed by atoms with Crippen LogP contribution in [0, 0.1) is 0 Å². The Hall–Kier alpha value is -2.14. The van der Waals surface area contributed by atoms with Crippen LogP contribution < -0.4 is 10.2 Å². The number of nitrogens with zero attached hydrogens (tertiary/aromatic N) is 3. The van der Waals surface area contributed by atoms with E-state index in [2.05, 4.69) is 20.4 Å². The lowest BCUT2D eigenvalue weighted by molar-refractivity contribution is 0.102. The minimum atomic E-state index is -0.225. The number of piperidine rings is 1. The summed E-state index contributed by atoms with van der Waals surface area (Å²) < 4.78 is 0. The van der Waals surface area contributed by atoms with Crippen molar-refractivity contribution in [2.24, 2.45) is 0 Å². The first kappa shape index (κ1) is 14.8. The predicted molar refractivity (Wildman–Crippen MR) is 87.5 cm³/mol. The Morgan fingerprint density at radius 3 is 2.36 bits per heavy atom. The first-order valence-corrected chi connectivity index (χ1v) is 7.76. The topological polar surface area (TPSA) is 58.1 Å². The van der Waals surface area contributed by atoms with E-state index >= 15 is 0 Å². The van der Waals surface area contributed by atoms with E-state index < -0.39 is 0 Å². The minimum absolute atomic E-state index is 0.225. The summed E-state index contributed by atoms with van der Waals surface area (Å²) in [6, 6.07) is 10.4. The second-order valence-electron chi connectivity index (χ2n) is 5.29. The molecule has 22 heavy (non-hydrogen) atoms. The zero-order chi connectivity index (χ0) is 15.4. The molecule has 0 atom stereocenters. The van der Waals surface area contributed by atoms with Crippen LogP contribution in [0.15, 0.2) is 36.4 Å². The molecule has 0 spiro atoms. The van der Waals surface area contributed by atoms with Gasteiger partial charge in [0.25, 0.3) is 5.91 Å². The van der Waals surface area contributed by atoms with Gasteiger partial charge in [0.15, 0.2) is 11.6 Å². The molecule has 3 rings (SSSR count). The quantitative estimate of drug-likeness (QED) is 0.943. The van der Waals surface area contributed by atoms with Gasteiger partial charge in [-0.25, -0.2) is 0 Å². The molecule has 1 N–H and O–H groups in total. The fourth-order valence-electron chi connectivity index (χ4n) is 2.47. The summed E-state index contributed by atoms with van der Waals surface area (Å²) in [6.07, 6.45) is 3.66. The van der Waals surface area contributed by atoms with Crippen LogP contribution in [0.3, 0.4) is 0 Å². The monoisotopic (exact) mass is 316 g/mol. The fourth-order valence-corrected chi connectivity index (χ4v) is 2.60. The molecule has 6 heteroatoms. The molecule has 1 fully saturated rings. The average molecular weight is 317 g/mol. The number of hydrogen-bond donors (Lipinski definition) is 1. The largest absolute Gasteiger partial charge is 0.355 e. The maximum atomic E-state index is 12.1. The van der Waals surface area contributed by atoms with Gasteiger partial charge in [-0.3, -0.25) is 4.79 Å². The SMILES string of the molecule is O=C(Nc1ccc(N2CCCCC2)nn1)c1ccc(Cl)cc1. The lowest BCUT2D eigenvalue weighted by Crippen LogP contribution is -2.30. The smallest absolute Gasteiger partial charge is 0.256 e. The Balaban J connectivity index is 1.65. The molecule has 0 aliphatic carbocycles. The van der Waals surface area contributed by atoms with Crippen LogP contribution >= 0.6 is 11.6 Å². The summed E-state index contributed by atoms with van der Waals surface area (Å²) in [7, 11) is 0. The van der Waals surface area contributed by atoms with Crippen LogP contribution in [0.5, 0.6) is 0 Å². The molecule has 5 nitrogen and oxygen atoms in total. The van der Waals surface area contributed by atoms with Crippen molar-refractivity contribution in [1.29, 1.82) is 0 Å². The molecular weight excluding hydrogens is 300 g/mol. The number of aromatic nitrogens is 2. The fraction of sp³-hybridized carbons (Fsp3) is 0.312. The molecule has 1 aliphatic rings. The Morgan fingerprint density at radius 1 is 1.00 bits per heavy atom. The molecule has 0 bridgehead atoms. The van der Waals surface area contributed by atoms with Gasteiger partial charge in [0.1, 0.15) is 0 Å². The third kappa shape index (κ3) is 3.54. The van der Waals surface area contributed by atoms with Crippen molar-refractivity contribution < 1.29 is 4.79 Å². The average Bonchev–Trinajstić information content (AvgIpc) is 2.57. The Labute approximate surface area is 134 Å². The molecule has 1 aliphatic heterocycles. The summed E-state index contributed by atoms with van der Waals surface area (Å²) >= 11 is 5.81. The van der Waals surface area contributed by atoms with Crippen molar-refractivity contribution in [3.8, 4) is 0 Å². The second-order valence-corrected chi connectivity index (χ2v) is 5.72. The van der Waals surface area contributed by atoms with Crippen molar-refractivity contribution in [3.05, 3.63) is 47.0 Å². The van der Waals surface area contributed by atoms with Crippen molar-refractivity contribution in [3.63, 3.8) is 0 Å². The zero-order valence-electron chi connectivity index (χ0n) is 12.1. The normalized spacial score (nSPS) is 14.7. The molecule has 1 saturated heterocycles. The van der Waals surface area contributed by atoms with E-state index in [1.54, 1.807) is 30.3 Å². The van der Waals surface area contributed by atoms with Gasteiger partial charge >= 0.3 is 0 Å². The molecule has 2 heterocycles. The number of hydrogen-bond acceptors (Lipinski definition) is 4. The van der Waals surface area contributed by atoms with E-state index in [0.717, 1.165) is 18.9 Å². The highest BCUT2D eigenvalue weighted by atomic mass is 35.5. The Morgan fingerprint density at radius 2 is 1.73 bits per heavy atom. The van der Waals surface area contributed by atoms with Crippen LogP contribution in [0.4, 0.5) is 11.6 Å². The van der Waals surface area contributed by atoms with Crippen LogP contribution in [0.1, 0.15) is 29.6 Å². The maximum Gasteiger partial charge on any atom is 0.256 e. The van der Waals surface area contributed by atoms with E-state index in [4.69, 9.17) is 11.6 Å². The van der Waals surface area contributed by atoms with E-state index in [9.17, 15) is 4.79 Å². The molecule has 1 aromatic heterocycles. The standard InChI is InChI=1S/C16H17ClN4O/c17-13-6-4-12(5-7-13)16(22)18-14-8-9-15(20-19-14)21-10-2-1-3-11-21/h4-9H,1-3,10-11H2,(H,18,19,22). The number of carbonyl (C=O) groups is 1. The molecular formula is C16H17ClN4O. The Bertz CT molecular complexity index is 636. The lowest BCUT2D eigenvalue weighted by Gasteiger charge is -2.27. The molecule has 2 aromatic rings. The number of amides is 1. The highest BCUT2D eigenvalue weighted by Crippen LogP contribution is 2.18. The number of nitrogens with one attached hydrogen (secondary N) is 1. The third-order valence-electron chi connectivity index (χ3n) is 3.68. The van der Waals surface area contributed by atoms with Gasteiger partial charge in [0.2, 0.25) is 0 Å². The Kier molecular flexibility index (Phi) is 4.53. The van der Waals surface area contributed by atoms with E-state index in [-0.39, 0.29) is 5.91 Å². The van der Waals surface area contributed by atoms with Crippen LogP contribution in [-0.4, -0.2) is 29.2 Å². The van der Waals surface area contributed by atoms with Gasteiger partial charge < -0.3 is 10.2 Å². The van der Waals surface area contributed by atoms with Crippen LogP contribution in [0.25, 0.3) is 0 Å². The van der Waals surface area contributed by atoms with Gasteiger partial charge in [-0.1, -0.05) is 11.6 Å². The van der Waals surface area contributed by atoms with Gasteiger partial charge in [-0.15, -0.1) is 10.2 Å². The highest BCUT2D eigenvalue weighted by molar-refractivity contribution is 6.30. The van der Waals surface area contributed by atoms with Crippen LogP contribution in [-0.2, 0) is 0 Å². The highest BCUT2D eigenvalue weighted by Gasteiger charge is 2.13. The van der Waals surface area contributed by atoms with Gasteiger partial charge in [-0.2, -0.15) is 0 Å². The van der Waals surface area contributed by atoms with Gasteiger partial charge in [0, 0.05) is 23.7 Å². The molecule has 0 unspecified atom stereocenters. The first-order valence-electron chi connectivity index (χ1n) is 7.38. The van der Waals surface area contributed by atoms with E-state index in [1.165, 1.54) is 19.3 Å². The number of rotatable bonds is 3. The van der Waals surface area contributed by atoms with E-state index in [0.29, 0.717) is 16.4 Å². The minimum Gasteiger partial charge on any atom is -0.355 e. The maximum absolute atomic E-state index is 12.1. The summed E-state index contributed by atoms with van der Waals surface area (Å²) in [5.74, 6) is 1.08. The number of anilines is 2. The van der Waals surface area contributed by atoms with Crippen molar-refractivity contribution >= 4 is 29.1 Å². The summed E-state index contributed by atoms with van der Waals surface area (Å²) in [5.41, 5.74) is 0.534. The molecule has 1 aromatic carbocycles. The number of halogens is 1. The molecule has 1 amide bonds. The van der Waals surface area contributed by atoms with Crippen molar-refractivity contribution in [2.75, 3.05) is 23.3 Å². The van der Waals surface area contributed by atoms with Crippen LogP contribution in [0.2, 0.25) is 5.02 Å². The molecule has 0 radical (unpaired) electrons. The summed E-state index contributed by atoms with van der Waals surface area (Å²) in [6.45, 7) is 2.04. The first-order chi connectivity index (χ1) is 10.7. The van der Waals surface area contributed by atoms with Gasteiger partial charge in [-0.05, 0) is 55.7 Å². The van der Waals surface area contributed by atoms with Crippen molar-refractivity contribution in [1.82, 2.24) is 10.2 Å². The third-order valence-corrected chi connectivity index (χ3v) is 3.93. The van der Waals surface area contributed by atoms with E-state index in [1.807, 2.05) is 6.07 Å². The molecule has 114 valence electrons. The van der Waals surface area contributed by atoms with Crippen molar-refractivity contribution in [2.45, 2.75) is 19.3 Å².